The second kappa shape index (κ2) is 11.5. The van der Waals surface area contributed by atoms with Gasteiger partial charge < -0.3 is 24.2 Å². The van der Waals surface area contributed by atoms with Crippen LogP contribution in [0.15, 0.2) is 18.2 Å². The fourth-order valence-corrected chi connectivity index (χ4v) is 4.26. The number of nitrogens with zero attached hydrogens (tertiary/aromatic N) is 3. The van der Waals surface area contributed by atoms with E-state index in [1.807, 2.05) is 12.1 Å². The highest BCUT2D eigenvalue weighted by Crippen LogP contribution is 2.29. The van der Waals surface area contributed by atoms with Gasteiger partial charge in [-0.15, -0.1) is 0 Å². The Hall–Kier alpha value is -1.85. The quantitative estimate of drug-likeness (QED) is 0.660. The first-order chi connectivity index (χ1) is 14.6. The summed E-state index contributed by atoms with van der Waals surface area (Å²) in [4.78, 5) is 4.58. The van der Waals surface area contributed by atoms with Crippen molar-refractivity contribution in [2.75, 3.05) is 53.6 Å². The van der Waals surface area contributed by atoms with Gasteiger partial charge in [0.05, 0.1) is 13.2 Å². The molecule has 3 rings (SSSR count). The van der Waals surface area contributed by atoms with Gasteiger partial charge in [-0.1, -0.05) is 6.07 Å². The summed E-state index contributed by atoms with van der Waals surface area (Å²) in [5.41, 5.74) is 1.16. The molecule has 7 nitrogen and oxygen atoms in total. The lowest BCUT2D eigenvalue weighted by atomic mass is 9.98. The van der Waals surface area contributed by atoms with Crippen molar-refractivity contribution in [3.63, 3.8) is 0 Å². The van der Waals surface area contributed by atoms with Gasteiger partial charge in [0.2, 0.25) is 0 Å². The molecule has 0 spiro atoms. The van der Waals surface area contributed by atoms with Gasteiger partial charge in [0.25, 0.3) is 0 Å². The van der Waals surface area contributed by atoms with E-state index in [-0.39, 0.29) is 12.5 Å². The highest BCUT2D eigenvalue weighted by atomic mass is 16.5. The molecule has 2 aliphatic heterocycles. The monoisotopic (exact) mass is 417 g/mol. The van der Waals surface area contributed by atoms with Crippen LogP contribution in [-0.2, 0) is 11.3 Å². The molecule has 1 N–H and O–H groups in total. The van der Waals surface area contributed by atoms with Crippen molar-refractivity contribution in [2.45, 2.75) is 44.4 Å². The zero-order valence-electron chi connectivity index (χ0n) is 18.3. The van der Waals surface area contributed by atoms with Crippen molar-refractivity contribution >= 4 is 0 Å². The number of nitriles is 1. The molecule has 2 fully saturated rings. The summed E-state index contributed by atoms with van der Waals surface area (Å²) in [5, 5.41) is 19.5. The number of aliphatic hydroxyl groups excluding tert-OH is 1. The maximum Gasteiger partial charge on any atom is 0.161 e. The van der Waals surface area contributed by atoms with Crippen molar-refractivity contribution in [3.05, 3.63) is 23.8 Å². The van der Waals surface area contributed by atoms with Crippen molar-refractivity contribution in [3.8, 4) is 17.6 Å². The third-order valence-electron chi connectivity index (χ3n) is 6.14. The SMILES string of the molecule is COc1ccc(CN(C)C2CCOCC2)cc1OCC(O)CN1CCC(C#N)CC1. The number of β-amino-alcohol motifs (C(OH)–C–C–N with tert-alkyl or cyclic N) is 1. The van der Waals surface area contributed by atoms with Gasteiger partial charge in [-0.05, 0) is 63.5 Å². The minimum atomic E-state index is -0.582. The first-order valence-electron chi connectivity index (χ1n) is 11.0. The first-order valence-corrected chi connectivity index (χ1v) is 11.0. The average molecular weight is 418 g/mol. The lowest BCUT2D eigenvalue weighted by Gasteiger charge is -2.31. The molecule has 0 aliphatic carbocycles. The Balaban J connectivity index is 1.51. The summed E-state index contributed by atoms with van der Waals surface area (Å²) in [6.07, 6.45) is 3.30. The molecular weight excluding hydrogens is 382 g/mol. The maximum atomic E-state index is 10.4. The molecule has 2 heterocycles. The zero-order valence-corrected chi connectivity index (χ0v) is 18.3. The fraction of sp³-hybridized carbons (Fsp3) is 0.696. The van der Waals surface area contributed by atoms with E-state index in [0.29, 0.717) is 24.1 Å². The topological polar surface area (TPSA) is 78.2 Å². The minimum Gasteiger partial charge on any atom is -0.493 e. The lowest BCUT2D eigenvalue weighted by molar-refractivity contribution is 0.0406. The van der Waals surface area contributed by atoms with Crippen LogP contribution in [-0.4, -0.2) is 80.7 Å². The van der Waals surface area contributed by atoms with Gasteiger partial charge in [0, 0.05) is 38.3 Å². The largest absolute Gasteiger partial charge is 0.493 e. The van der Waals surface area contributed by atoms with Crippen LogP contribution in [0.4, 0.5) is 0 Å². The van der Waals surface area contributed by atoms with Crippen LogP contribution in [0.5, 0.6) is 11.5 Å². The van der Waals surface area contributed by atoms with Gasteiger partial charge in [-0.25, -0.2) is 0 Å². The molecule has 1 atom stereocenters. The van der Waals surface area contributed by atoms with Crippen molar-refractivity contribution in [1.82, 2.24) is 9.80 Å². The van der Waals surface area contributed by atoms with Crippen LogP contribution in [0.2, 0.25) is 0 Å². The molecule has 0 saturated carbocycles. The minimum absolute atomic E-state index is 0.154. The third kappa shape index (κ3) is 6.58. The number of hydrogen-bond donors (Lipinski definition) is 1. The summed E-state index contributed by atoms with van der Waals surface area (Å²) >= 11 is 0. The van der Waals surface area contributed by atoms with E-state index in [0.717, 1.165) is 64.1 Å². The summed E-state index contributed by atoms with van der Waals surface area (Å²) in [7, 11) is 3.78. The Bertz CT molecular complexity index is 694. The van der Waals surface area contributed by atoms with Crippen molar-refractivity contribution < 1.29 is 19.3 Å². The number of hydrogen-bond acceptors (Lipinski definition) is 7. The number of benzene rings is 1. The maximum absolute atomic E-state index is 10.4. The number of piperidine rings is 1. The molecule has 1 unspecified atom stereocenters. The highest BCUT2D eigenvalue weighted by molar-refractivity contribution is 5.43. The predicted octanol–water partition coefficient (Wildman–Crippen LogP) is 2.28. The van der Waals surface area contributed by atoms with Gasteiger partial charge in [-0.2, -0.15) is 5.26 Å². The van der Waals surface area contributed by atoms with Crippen molar-refractivity contribution in [2.24, 2.45) is 5.92 Å². The van der Waals surface area contributed by atoms with E-state index in [1.165, 1.54) is 0 Å². The molecule has 2 aliphatic rings. The fourth-order valence-electron chi connectivity index (χ4n) is 4.26. The van der Waals surface area contributed by atoms with E-state index >= 15 is 0 Å². The third-order valence-corrected chi connectivity index (χ3v) is 6.14. The molecular formula is C23H35N3O4. The Kier molecular flexibility index (Phi) is 8.76. The van der Waals surface area contributed by atoms with Gasteiger partial charge >= 0.3 is 0 Å². The molecule has 0 radical (unpaired) electrons. The molecule has 0 amide bonds. The molecule has 166 valence electrons. The van der Waals surface area contributed by atoms with Gasteiger partial charge in [-0.3, -0.25) is 4.90 Å². The zero-order chi connectivity index (χ0) is 21.3. The second-order valence-corrected chi connectivity index (χ2v) is 8.41. The Labute approximate surface area is 180 Å². The average Bonchev–Trinajstić information content (AvgIpc) is 2.79. The van der Waals surface area contributed by atoms with E-state index in [9.17, 15) is 5.11 Å². The van der Waals surface area contributed by atoms with Crippen LogP contribution in [0.3, 0.4) is 0 Å². The summed E-state index contributed by atoms with van der Waals surface area (Å²) in [6, 6.07) is 8.89. The molecule has 1 aromatic carbocycles. The Morgan fingerprint density at radius 1 is 1.23 bits per heavy atom. The standard InChI is InChI=1S/C23H35N3O4/c1-25(20-7-11-29-12-8-20)15-19-3-4-22(28-2)23(13-19)30-17-21(27)16-26-9-5-18(14-24)6-10-26/h3-4,13,18,20-21,27H,5-12,15-17H2,1-2H3. The molecule has 7 heteroatoms. The smallest absolute Gasteiger partial charge is 0.161 e. The van der Waals surface area contributed by atoms with Crippen LogP contribution in [0.1, 0.15) is 31.2 Å². The summed E-state index contributed by atoms with van der Waals surface area (Å²) in [5.74, 6) is 1.49. The summed E-state index contributed by atoms with van der Waals surface area (Å²) < 4.78 is 16.9. The first kappa shape index (κ1) is 22.8. The van der Waals surface area contributed by atoms with E-state index in [4.69, 9.17) is 19.5 Å². The number of ether oxygens (including phenoxy) is 3. The Morgan fingerprint density at radius 3 is 2.63 bits per heavy atom. The highest BCUT2D eigenvalue weighted by Gasteiger charge is 2.22. The van der Waals surface area contributed by atoms with E-state index < -0.39 is 6.10 Å². The van der Waals surface area contributed by atoms with Crippen LogP contribution < -0.4 is 9.47 Å². The van der Waals surface area contributed by atoms with Gasteiger partial charge in [0.1, 0.15) is 12.7 Å². The van der Waals surface area contributed by atoms with Crippen molar-refractivity contribution in [1.29, 1.82) is 5.26 Å². The van der Waals surface area contributed by atoms with Crippen LogP contribution in [0.25, 0.3) is 0 Å². The van der Waals surface area contributed by atoms with Crippen LogP contribution in [0, 0.1) is 17.2 Å². The Morgan fingerprint density at radius 2 is 1.97 bits per heavy atom. The number of methoxy groups -OCH3 is 1. The van der Waals surface area contributed by atoms with E-state index in [1.54, 1.807) is 7.11 Å². The number of likely N-dealkylation sites (tertiary alicyclic amines) is 1. The molecule has 1 aromatic rings. The molecule has 0 aromatic heterocycles. The second-order valence-electron chi connectivity index (χ2n) is 8.41. The van der Waals surface area contributed by atoms with Crippen LogP contribution >= 0.6 is 0 Å². The predicted molar refractivity (Wildman–Crippen MR) is 115 cm³/mol. The normalized spacial score (nSPS) is 20.1. The lowest BCUT2D eigenvalue weighted by Crippen LogP contribution is -2.40. The number of aliphatic hydroxyl groups is 1. The van der Waals surface area contributed by atoms with Gasteiger partial charge in [0.15, 0.2) is 11.5 Å². The molecule has 30 heavy (non-hydrogen) atoms. The van der Waals surface area contributed by atoms with E-state index in [2.05, 4.69) is 29.0 Å². The summed E-state index contributed by atoms with van der Waals surface area (Å²) in [6.45, 7) is 4.98. The molecule has 2 saturated heterocycles. The number of rotatable bonds is 9. The molecule has 0 bridgehead atoms.